The van der Waals surface area contributed by atoms with Gasteiger partial charge in [0, 0.05) is 13.1 Å². The van der Waals surface area contributed by atoms with Crippen molar-refractivity contribution in [3.63, 3.8) is 0 Å². The predicted molar refractivity (Wildman–Crippen MR) is 92.1 cm³/mol. The van der Waals surface area contributed by atoms with E-state index in [1.165, 1.54) is 19.2 Å². The van der Waals surface area contributed by atoms with Gasteiger partial charge in [-0.25, -0.2) is 4.79 Å². The summed E-state index contributed by atoms with van der Waals surface area (Å²) in [6.45, 7) is 0.806. The number of halogens is 3. The predicted octanol–water partition coefficient (Wildman–Crippen LogP) is 3.62. The number of benzene rings is 2. The van der Waals surface area contributed by atoms with Gasteiger partial charge in [0.15, 0.2) is 0 Å². The molecule has 0 fully saturated rings. The van der Waals surface area contributed by atoms with E-state index < -0.39 is 17.7 Å². The van der Waals surface area contributed by atoms with Crippen LogP contribution in [0.25, 0.3) is 0 Å². The van der Waals surface area contributed by atoms with Gasteiger partial charge in [0.25, 0.3) is 0 Å². The highest BCUT2D eigenvalue weighted by atomic mass is 19.4. The van der Waals surface area contributed by atoms with Crippen molar-refractivity contribution in [2.45, 2.75) is 25.6 Å². The maximum absolute atomic E-state index is 12.6. The molecule has 0 unspecified atom stereocenters. The van der Waals surface area contributed by atoms with Gasteiger partial charge < -0.3 is 9.64 Å². The van der Waals surface area contributed by atoms with Crippen LogP contribution in [-0.4, -0.2) is 30.4 Å². The number of amides is 1. The van der Waals surface area contributed by atoms with Crippen LogP contribution < -0.4 is 0 Å². The van der Waals surface area contributed by atoms with Crippen LogP contribution in [0.15, 0.2) is 42.5 Å². The number of fused-ring (bicyclic) bond motifs is 1. The van der Waals surface area contributed by atoms with Crippen molar-refractivity contribution in [1.29, 1.82) is 0 Å². The van der Waals surface area contributed by atoms with Crippen molar-refractivity contribution in [1.82, 2.24) is 4.90 Å². The molecule has 0 spiro atoms. The summed E-state index contributed by atoms with van der Waals surface area (Å²) in [4.78, 5) is 26.1. The maximum atomic E-state index is 12.6. The fourth-order valence-corrected chi connectivity index (χ4v) is 3.22. The number of carbonyl (C=O) groups excluding carboxylic acids is 2. The molecular formula is C20H18F3NO3. The summed E-state index contributed by atoms with van der Waals surface area (Å²) in [6, 6.07) is 9.92. The van der Waals surface area contributed by atoms with Gasteiger partial charge in [0.2, 0.25) is 5.91 Å². The Labute approximate surface area is 154 Å². The van der Waals surface area contributed by atoms with Gasteiger partial charge >= 0.3 is 12.1 Å². The van der Waals surface area contributed by atoms with Crippen molar-refractivity contribution >= 4 is 11.9 Å². The molecule has 1 heterocycles. The lowest BCUT2D eigenvalue weighted by atomic mass is 9.94. The van der Waals surface area contributed by atoms with Gasteiger partial charge in [-0.1, -0.05) is 24.3 Å². The summed E-state index contributed by atoms with van der Waals surface area (Å²) in [5.41, 5.74) is 2.06. The molecule has 142 valence electrons. The van der Waals surface area contributed by atoms with E-state index in [0.717, 1.165) is 23.3 Å². The van der Waals surface area contributed by atoms with E-state index in [2.05, 4.69) is 0 Å². The van der Waals surface area contributed by atoms with Gasteiger partial charge in [-0.05, 0) is 41.3 Å². The molecule has 1 aliphatic heterocycles. The highest BCUT2D eigenvalue weighted by molar-refractivity contribution is 5.91. The number of rotatable bonds is 3. The second kappa shape index (κ2) is 7.42. The van der Waals surface area contributed by atoms with Crippen LogP contribution in [0, 0.1) is 0 Å². The molecular weight excluding hydrogens is 359 g/mol. The maximum Gasteiger partial charge on any atom is 0.416 e. The van der Waals surface area contributed by atoms with E-state index in [0.29, 0.717) is 30.6 Å². The molecule has 0 aliphatic carbocycles. The topological polar surface area (TPSA) is 46.6 Å². The number of alkyl halides is 3. The Morgan fingerprint density at radius 1 is 1.11 bits per heavy atom. The molecule has 4 nitrogen and oxygen atoms in total. The summed E-state index contributed by atoms with van der Waals surface area (Å²) in [5, 5.41) is 0. The first kappa shape index (κ1) is 18.9. The van der Waals surface area contributed by atoms with Crippen LogP contribution in [-0.2, 0) is 35.1 Å². The number of hydrogen-bond donors (Lipinski definition) is 0. The molecule has 3 rings (SSSR count). The number of hydrogen-bond acceptors (Lipinski definition) is 3. The highest BCUT2D eigenvalue weighted by Crippen LogP contribution is 2.29. The Morgan fingerprint density at radius 2 is 1.81 bits per heavy atom. The van der Waals surface area contributed by atoms with E-state index in [1.54, 1.807) is 17.0 Å². The fourth-order valence-electron chi connectivity index (χ4n) is 3.22. The lowest BCUT2D eigenvalue weighted by Gasteiger charge is -2.30. The van der Waals surface area contributed by atoms with Crippen LogP contribution in [0.5, 0.6) is 0 Å². The van der Waals surface area contributed by atoms with Crippen LogP contribution in [0.4, 0.5) is 13.2 Å². The van der Waals surface area contributed by atoms with E-state index in [9.17, 15) is 22.8 Å². The van der Waals surface area contributed by atoms with Crippen LogP contribution in [0.2, 0.25) is 0 Å². The van der Waals surface area contributed by atoms with Crippen molar-refractivity contribution < 1.29 is 27.5 Å². The fraction of sp³-hybridized carbons (Fsp3) is 0.300. The smallest absolute Gasteiger partial charge is 0.416 e. The molecule has 0 atom stereocenters. The van der Waals surface area contributed by atoms with E-state index in [1.807, 2.05) is 6.07 Å². The minimum Gasteiger partial charge on any atom is -0.465 e. The SMILES string of the molecule is COC(=O)c1cccc2c1CCN(C(=O)Cc1ccc(C(F)(F)F)cc1)C2. The van der Waals surface area contributed by atoms with Gasteiger partial charge in [-0.15, -0.1) is 0 Å². The summed E-state index contributed by atoms with van der Waals surface area (Å²) in [7, 11) is 1.32. The lowest BCUT2D eigenvalue weighted by Crippen LogP contribution is -2.37. The Morgan fingerprint density at radius 3 is 2.44 bits per heavy atom. The van der Waals surface area contributed by atoms with Crippen LogP contribution >= 0.6 is 0 Å². The zero-order valence-electron chi connectivity index (χ0n) is 14.7. The second-order valence-electron chi connectivity index (χ2n) is 6.37. The summed E-state index contributed by atoms with van der Waals surface area (Å²) >= 11 is 0. The third-order valence-corrected chi connectivity index (χ3v) is 4.66. The summed E-state index contributed by atoms with van der Waals surface area (Å²) in [5.74, 6) is -0.569. The minimum absolute atomic E-state index is 0.0319. The molecule has 0 bridgehead atoms. The van der Waals surface area contributed by atoms with E-state index in [4.69, 9.17) is 4.74 Å². The highest BCUT2D eigenvalue weighted by Gasteiger charge is 2.30. The Balaban J connectivity index is 1.70. The molecule has 7 heteroatoms. The standard InChI is InChI=1S/C20H18F3NO3/c1-27-19(26)17-4-2-3-14-12-24(10-9-16(14)17)18(25)11-13-5-7-15(8-6-13)20(21,22)23/h2-8H,9-12H2,1H3. The molecule has 0 aromatic heterocycles. The molecule has 0 saturated heterocycles. The van der Waals surface area contributed by atoms with Crippen molar-refractivity contribution in [2.24, 2.45) is 0 Å². The third-order valence-electron chi connectivity index (χ3n) is 4.66. The molecule has 1 aliphatic rings. The largest absolute Gasteiger partial charge is 0.465 e. The van der Waals surface area contributed by atoms with E-state index in [-0.39, 0.29) is 12.3 Å². The monoisotopic (exact) mass is 377 g/mol. The van der Waals surface area contributed by atoms with Gasteiger partial charge in [0.05, 0.1) is 24.7 Å². The molecule has 1 amide bonds. The quantitative estimate of drug-likeness (QED) is 0.768. The van der Waals surface area contributed by atoms with Crippen molar-refractivity contribution in [3.8, 4) is 0 Å². The third kappa shape index (κ3) is 4.13. The molecule has 27 heavy (non-hydrogen) atoms. The zero-order chi connectivity index (χ0) is 19.6. The number of nitrogens with zero attached hydrogens (tertiary/aromatic N) is 1. The normalized spacial score (nSPS) is 13.9. The molecule has 0 radical (unpaired) electrons. The number of esters is 1. The minimum atomic E-state index is -4.39. The van der Waals surface area contributed by atoms with Crippen LogP contribution in [0.3, 0.4) is 0 Å². The molecule has 2 aromatic rings. The number of methoxy groups -OCH3 is 1. The first-order chi connectivity index (χ1) is 12.8. The molecule has 2 aromatic carbocycles. The van der Waals surface area contributed by atoms with E-state index >= 15 is 0 Å². The molecule has 0 N–H and O–H groups in total. The summed E-state index contributed by atoms with van der Waals surface area (Å²) < 4.78 is 42.7. The lowest BCUT2D eigenvalue weighted by molar-refractivity contribution is -0.137. The van der Waals surface area contributed by atoms with Gasteiger partial charge in [-0.3, -0.25) is 4.79 Å². The Kier molecular flexibility index (Phi) is 5.21. The molecule has 0 saturated carbocycles. The van der Waals surface area contributed by atoms with Gasteiger partial charge in [-0.2, -0.15) is 13.2 Å². The first-order valence-electron chi connectivity index (χ1n) is 8.42. The first-order valence-corrected chi connectivity index (χ1v) is 8.42. The second-order valence-corrected chi connectivity index (χ2v) is 6.37. The number of ether oxygens (including phenoxy) is 1. The Hall–Kier alpha value is -2.83. The zero-order valence-corrected chi connectivity index (χ0v) is 14.7. The Bertz CT molecular complexity index is 860. The average Bonchev–Trinajstić information content (AvgIpc) is 2.66. The summed E-state index contributed by atoms with van der Waals surface area (Å²) in [6.07, 6.45) is -3.83. The van der Waals surface area contributed by atoms with Crippen molar-refractivity contribution in [3.05, 3.63) is 70.3 Å². The van der Waals surface area contributed by atoms with Gasteiger partial charge in [0.1, 0.15) is 0 Å². The van der Waals surface area contributed by atoms with Crippen LogP contribution in [0.1, 0.15) is 32.6 Å². The van der Waals surface area contributed by atoms with Crippen molar-refractivity contribution in [2.75, 3.05) is 13.7 Å². The average molecular weight is 377 g/mol. The number of carbonyl (C=O) groups is 2.